The number of rotatable bonds is 7. The Morgan fingerprint density at radius 1 is 1.19 bits per heavy atom. The van der Waals surface area contributed by atoms with Crippen molar-refractivity contribution in [1.29, 1.82) is 5.26 Å². The number of ether oxygens (including phenoxy) is 2. The van der Waals surface area contributed by atoms with E-state index in [-0.39, 0.29) is 24.5 Å². The molecular weight excluding hydrogens is 336 g/mol. The zero-order chi connectivity index (χ0) is 18.9. The first kappa shape index (κ1) is 18.7. The summed E-state index contributed by atoms with van der Waals surface area (Å²) in [6, 6.07) is 14.8. The minimum Gasteiger partial charge on any atom is -0.489 e. The highest BCUT2D eigenvalue weighted by atomic mass is 16.6. The van der Waals surface area contributed by atoms with Crippen LogP contribution in [-0.4, -0.2) is 17.5 Å². The van der Waals surface area contributed by atoms with Gasteiger partial charge in [-0.3, -0.25) is 10.1 Å². The maximum atomic E-state index is 11.6. The summed E-state index contributed by atoms with van der Waals surface area (Å²) in [6.45, 7) is 2.14. The summed E-state index contributed by atoms with van der Waals surface area (Å²) in [4.78, 5) is 21.8. The van der Waals surface area contributed by atoms with E-state index in [4.69, 9.17) is 14.7 Å². The van der Waals surface area contributed by atoms with E-state index in [0.717, 1.165) is 5.56 Å². The predicted octanol–water partition coefficient (Wildman–Crippen LogP) is 3.64. The highest BCUT2D eigenvalue weighted by Crippen LogP contribution is 2.18. The van der Waals surface area contributed by atoms with Crippen LogP contribution in [0, 0.1) is 21.4 Å². The minimum absolute atomic E-state index is 0.0276. The number of carbonyl (C=O) groups excluding carboxylic acids is 1. The van der Waals surface area contributed by atoms with Crippen molar-refractivity contribution in [2.75, 3.05) is 6.61 Å². The van der Waals surface area contributed by atoms with Crippen LogP contribution < -0.4 is 4.74 Å². The molecule has 0 aliphatic carbocycles. The molecule has 0 unspecified atom stereocenters. The molecule has 0 heterocycles. The summed E-state index contributed by atoms with van der Waals surface area (Å²) in [5.74, 6) is -0.0661. The monoisotopic (exact) mass is 352 g/mol. The Kier molecular flexibility index (Phi) is 6.46. The molecule has 0 N–H and O–H groups in total. The third-order valence-corrected chi connectivity index (χ3v) is 3.36. The molecule has 0 amide bonds. The van der Waals surface area contributed by atoms with Crippen molar-refractivity contribution in [1.82, 2.24) is 0 Å². The van der Waals surface area contributed by atoms with Crippen LogP contribution in [0.2, 0.25) is 0 Å². The topological polar surface area (TPSA) is 102 Å². The molecule has 2 aromatic carbocycles. The van der Waals surface area contributed by atoms with Crippen LogP contribution in [0.15, 0.2) is 54.1 Å². The SMILES string of the molecule is CCOC(=O)/C(C#N)=C/c1ccc(OCc2ccc([N+](=O)[O-])cc2)cc1. The van der Waals surface area contributed by atoms with E-state index in [1.165, 1.54) is 18.2 Å². The lowest BCUT2D eigenvalue weighted by Crippen LogP contribution is -2.05. The van der Waals surface area contributed by atoms with Crippen molar-refractivity contribution in [3.05, 3.63) is 75.3 Å². The van der Waals surface area contributed by atoms with Gasteiger partial charge in [-0.2, -0.15) is 5.26 Å². The van der Waals surface area contributed by atoms with Gasteiger partial charge in [-0.1, -0.05) is 12.1 Å². The van der Waals surface area contributed by atoms with Crippen molar-refractivity contribution in [2.24, 2.45) is 0 Å². The fraction of sp³-hybridized carbons (Fsp3) is 0.158. The molecule has 0 spiro atoms. The lowest BCUT2D eigenvalue weighted by atomic mass is 10.1. The Bertz CT molecular complexity index is 849. The molecule has 0 saturated carbocycles. The van der Waals surface area contributed by atoms with Gasteiger partial charge in [0.15, 0.2) is 0 Å². The van der Waals surface area contributed by atoms with Crippen LogP contribution in [0.5, 0.6) is 5.75 Å². The zero-order valence-electron chi connectivity index (χ0n) is 14.0. The van der Waals surface area contributed by atoms with Gasteiger partial charge in [0.25, 0.3) is 5.69 Å². The number of nitro groups is 1. The van der Waals surface area contributed by atoms with Crippen molar-refractivity contribution in [3.63, 3.8) is 0 Å². The number of esters is 1. The zero-order valence-corrected chi connectivity index (χ0v) is 14.0. The fourth-order valence-corrected chi connectivity index (χ4v) is 2.05. The van der Waals surface area contributed by atoms with Crippen molar-refractivity contribution < 1.29 is 19.2 Å². The highest BCUT2D eigenvalue weighted by molar-refractivity contribution is 5.97. The number of hydrogen-bond donors (Lipinski definition) is 0. The highest BCUT2D eigenvalue weighted by Gasteiger charge is 2.09. The molecule has 0 radical (unpaired) electrons. The third-order valence-electron chi connectivity index (χ3n) is 3.36. The maximum Gasteiger partial charge on any atom is 0.348 e. The molecule has 0 aromatic heterocycles. The van der Waals surface area contributed by atoms with Gasteiger partial charge >= 0.3 is 5.97 Å². The molecule has 0 fully saturated rings. The van der Waals surface area contributed by atoms with Gasteiger partial charge < -0.3 is 9.47 Å². The van der Waals surface area contributed by atoms with Crippen molar-refractivity contribution in [3.8, 4) is 11.8 Å². The van der Waals surface area contributed by atoms with Crippen molar-refractivity contribution >= 4 is 17.7 Å². The normalized spacial score (nSPS) is 10.7. The average molecular weight is 352 g/mol. The van der Waals surface area contributed by atoms with Crippen LogP contribution in [0.3, 0.4) is 0 Å². The van der Waals surface area contributed by atoms with E-state index in [1.54, 1.807) is 43.3 Å². The Hall–Kier alpha value is -3.66. The molecule has 0 bridgehead atoms. The molecule has 0 aliphatic rings. The van der Waals surface area contributed by atoms with Gasteiger partial charge in [0.2, 0.25) is 0 Å². The minimum atomic E-state index is -0.659. The van der Waals surface area contributed by atoms with Crippen molar-refractivity contribution in [2.45, 2.75) is 13.5 Å². The van der Waals surface area contributed by atoms with E-state index < -0.39 is 10.9 Å². The summed E-state index contributed by atoms with van der Waals surface area (Å²) in [5, 5.41) is 19.6. The second kappa shape index (κ2) is 8.99. The van der Waals surface area contributed by atoms with Crippen LogP contribution in [0.25, 0.3) is 6.08 Å². The number of carbonyl (C=O) groups is 1. The van der Waals surface area contributed by atoms with E-state index in [2.05, 4.69) is 0 Å². The molecule has 26 heavy (non-hydrogen) atoms. The number of nitriles is 1. The largest absolute Gasteiger partial charge is 0.489 e. The Labute approximate surface area is 150 Å². The average Bonchev–Trinajstić information content (AvgIpc) is 2.65. The number of hydrogen-bond acceptors (Lipinski definition) is 6. The second-order valence-electron chi connectivity index (χ2n) is 5.17. The first-order valence-electron chi connectivity index (χ1n) is 7.78. The number of nitro benzene ring substituents is 1. The predicted molar refractivity (Wildman–Crippen MR) is 94.1 cm³/mol. The molecule has 2 rings (SSSR count). The Morgan fingerprint density at radius 2 is 1.85 bits per heavy atom. The number of benzene rings is 2. The Balaban J connectivity index is 2.00. The summed E-state index contributed by atoms with van der Waals surface area (Å²) in [6.07, 6.45) is 1.44. The first-order valence-corrected chi connectivity index (χ1v) is 7.78. The summed E-state index contributed by atoms with van der Waals surface area (Å²) in [7, 11) is 0. The van der Waals surface area contributed by atoms with Crippen LogP contribution in [-0.2, 0) is 16.1 Å². The van der Waals surface area contributed by atoms with Crippen LogP contribution in [0.1, 0.15) is 18.1 Å². The smallest absolute Gasteiger partial charge is 0.348 e. The number of non-ortho nitro benzene ring substituents is 1. The molecule has 132 valence electrons. The van der Waals surface area contributed by atoms with Gasteiger partial charge in [0, 0.05) is 12.1 Å². The first-order chi connectivity index (χ1) is 12.5. The number of nitrogens with zero attached hydrogens (tertiary/aromatic N) is 2. The summed E-state index contributed by atoms with van der Waals surface area (Å²) >= 11 is 0. The molecule has 0 saturated heterocycles. The van der Waals surface area contributed by atoms with E-state index >= 15 is 0 Å². The second-order valence-corrected chi connectivity index (χ2v) is 5.17. The lowest BCUT2D eigenvalue weighted by molar-refractivity contribution is -0.384. The van der Waals surface area contributed by atoms with Crippen LogP contribution >= 0.6 is 0 Å². The van der Waals surface area contributed by atoms with E-state index in [0.29, 0.717) is 11.3 Å². The molecule has 0 aliphatic heterocycles. The lowest BCUT2D eigenvalue weighted by Gasteiger charge is -2.06. The van der Waals surface area contributed by atoms with Gasteiger partial charge in [-0.25, -0.2) is 4.79 Å². The van der Waals surface area contributed by atoms with E-state index in [9.17, 15) is 14.9 Å². The summed E-state index contributed by atoms with van der Waals surface area (Å²) in [5.41, 5.74) is 1.41. The van der Waals surface area contributed by atoms with Gasteiger partial charge in [0.1, 0.15) is 24.0 Å². The third kappa shape index (κ3) is 5.18. The fourth-order valence-electron chi connectivity index (χ4n) is 2.05. The maximum absolute atomic E-state index is 11.6. The van der Waals surface area contributed by atoms with Gasteiger partial charge in [0.05, 0.1) is 11.5 Å². The molecule has 7 nitrogen and oxygen atoms in total. The Morgan fingerprint density at radius 3 is 2.38 bits per heavy atom. The van der Waals surface area contributed by atoms with E-state index in [1.807, 2.05) is 6.07 Å². The van der Waals surface area contributed by atoms with Gasteiger partial charge in [-0.05, 0) is 48.4 Å². The quantitative estimate of drug-likeness (QED) is 0.248. The molecular formula is C19H16N2O5. The standard InChI is InChI=1S/C19H16N2O5/c1-2-25-19(22)16(12-20)11-14-5-9-18(10-6-14)26-13-15-3-7-17(8-4-15)21(23)24/h3-11H,2,13H2,1H3/b16-11+. The van der Waals surface area contributed by atoms with Gasteiger partial charge in [-0.15, -0.1) is 0 Å². The molecule has 2 aromatic rings. The van der Waals surface area contributed by atoms with Crippen LogP contribution in [0.4, 0.5) is 5.69 Å². The molecule has 0 atom stereocenters. The summed E-state index contributed by atoms with van der Waals surface area (Å²) < 4.78 is 10.4. The molecule has 7 heteroatoms.